The molecule has 4 rings (SSSR count). The fraction of sp³-hybridized carbons (Fsp3) is 0.818. The predicted molar refractivity (Wildman–Crippen MR) is 114 cm³/mol. The first-order valence-corrected chi connectivity index (χ1v) is 10.9. The highest BCUT2D eigenvalue weighted by molar-refractivity contribution is 5.69. The van der Waals surface area contributed by atoms with Gasteiger partial charge in [0, 0.05) is 54.9 Å². The van der Waals surface area contributed by atoms with Crippen LogP contribution in [0, 0.1) is 12.3 Å². The molecule has 0 unspecified atom stereocenters. The molecular weight excluding hydrogens is 366 g/mol. The van der Waals surface area contributed by atoms with Gasteiger partial charge in [0.25, 0.3) is 0 Å². The van der Waals surface area contributed by atoms with E-state index < -0.39 is 5.60 Å². The normalized spacial score (nSPS) is 28.1. The van der Waals surface area contributed by atoms with Crippen LogP contribution in [0.4, 0.5) is 10.6 Å². The fourth-order valence-electron chi connectivity index (χ4n) is 5.07. The van der Waals surface area contributed by atoms with Crippen molar-refractivity contribution in [1.29, 1.82) is 0 Å². The zero-order valence-electron chi connectivity index (χ0n) is 19.1. The summed E-state index contributed by atoms with van der Waals surface area (Å²) < 4.78 is 7.71. The summed E-state index contributed by atoms with van der Waals surface area (Å²) in [5.74, 6) is 1.09. The first-order chi connectivity index (χ1) is 13.4. The van der Waals surface area contributed by atoms with E-state index in [9.17, 15) is 4.79 Å². The van der Waals surface area contributed by atoms with Crippen LogP contribution in [-0.2, 0) is 4.74 Å². The van der Waals surface area contributed by atoms with Crippen LogP contribution in [-0.4, -0.2) is 64.1 Å². The lowest BCUT2D eigenvalue weighted by Gasteiger charge is -2.58. The average Bonchev–Trinajstić information content (AvgIpc) is 2.87. The minimum atomic E-state index is -0.431. The van der Waals surface area contributed by atoms with E-state index in [1.165, 1.54) is 5.69 Å². The number of aromatic nitrogens is 2. The van der Waals surface area contributed by atoms with Crippen molar-refractivity contribution in [2.45, 2.75) is 84.5 Å². The second kappa shape index (κ2) is 6.62. The summed E-state index contributed by atoms with van der Waals surface area (Å²) in [5.41, 5.74) is 1.12. The van der Waals surface area contributed by atoms with Crippen molar-refractivity contribution in [1.82, 2.24) is 20.0 Å². The molecule has 1 amide bonds. The van der Waals surface area contributed by atoms with Crippen molar-refractivity contribution < 1.29 is 9.53 Å². The van der Waals surface area contributed by atoms with Crippen molar-refractivity contribution in [2.75, 3.05) is 31.1 Å². The minimum Gasteiger partial charge on any atom is -0.444 e. The molecule has 0 bridgehead atoms. The van der Waals surface area contributed by atoms with E-state index in [-0.39, 0.29) is 17.0 Å². The van der Waals surface area contributed by atoms with Crippen LogP contribution in [0.2, 0.25) is 0 Å². The highest BCUT2D eigenvalue weighted by Gasteiger charge is 2.55. The third-order valence-electron chi connectivity index (χ3n) is 6.64. The molecular formula is C22H37N5O2. The van der Waals surface area contributed by atoms with Crippen molar-refractivity contribution >= 4 is 11.9 Å². The van der Waals surface area contributed by atoms with Gasteiger partial charge in [0.05, 0.1) is 6.04 Å². The molecule has 162 valence electrons. The van der Waals surface area contributed by atoms with E-state index in [4.69, 9.17) is 9.84 Å². The quantitative estimate of drug-likeness (QED) is 0.821. The van der Waals surface area contributed by atoms with E-state index in [2.05, 4.69) is 48.7 Å². The van der Waals surface area contributed by atoms with Gasteiger partial charge in [-0.3, -0.25) is 4.68 Å². The number of anilines is 1. The van der Waals surface area contributed by atoms with Gasteiger partial charge in [0.1, 0.15) is 5.60 Å². The first kappa shape index (κ1) is 20.5. The molecule has 2 aliphatic heterocycles. The third-order valence-corrected chi connectivity index (χ3v) is 6.64. The molecule has 1 N–H and O–H groups in total. The summed E-state index contributed by atoms with van der Waals surface area (Å²) in [5, 5.41) is 8.59. The predicted octanol–water partition coefficient (Wildman–Crippen LogP) is 3.34. The molecule has 7 nitrogen and oxygen atoms in total. The van der Waals surface area contributed by atoms with Gasteiger partial charge in [0.15, 0.2) is 5.82 Å². The van der Waals surface area contributed by atoms with Crippen LogP contribution in [0.15, 0.2) is 6.07 Å². The van der Waals surface area contributed by atoms with E-state index in [1.807, 2.05) is 25.7 Å². The van der Waals surface area contributed by atoms with Gasteiger partial charge in [-0.05, 0) is 61.3 Å². The molecule has 1 spiro atoms. The number of carbonyl (C=O) groups is 1. The van der Waals surface area contributed by atoms with E-state index in [0.717, 1.165) is 44.8 Å². The Hall–Kier alpha value is -1.76. The van der Waals surface area contributed by atoms with Crippen LogP contribution < -0.4 is 10.2 Å². The van der Waals surface area contributed by atoms with Crippen molar-refractivity contribution in [2.24, 2.45) is 5.41 Å². The van der Waals surface area contributed by atoms with Crippen LogP contribution in [0.25, 0.3) is 0 Å². The summed E-state index contributed by atoms with van der Waals surface area (Å²) in [7, 11) is 0. The molecule has 3 fully saturated rings. The van der Waals surface area contributed by atoms with Gasteiger partial charge < -0.3 is 19.9 Å². The van der Waals surface area contributed by atoms with Crippen molar-refractivity contribution in [3.63, 3.8) is 0 Å². The number of nitrogens with one attached hydrogen (secondary N) is 1. The highest BCUT2D eigenvalue weighted by atomic mass is 16.6. The largest absolute Gasteiger partial charge is 0.444 e. The number of piperazine rings is 1. The van der Waals surface area contributed by atoms with E-state index in [1.54, 1.807) is 0 Å². The Morgan fingerprint density at radius 2 is 1.93 bits per heavy atom. The molecule has 1 aromatic rings. The second-order valence-corrected chi connectivity index (χ2v) is 11.2. The van der Waals surface area contributed by atoms with Crippen molar-refractivity contribution in [3.8, 4) is 0 Å². The molecule has 3 heterocycles. The maximum absolute atomic E-state index is 12.2. The lowest BCUT2D eigenvalue weighted by atomic mass is 9.61. The lowest BCUT2D eigenvalue weighted by molar-refractivity contribution is -0.0930. The molecule has 1 atom stereocenters. The number of carbonyl (C=O) groups excluding carboxylic acids is 1. The van der Waals surface area contributed by atoms with Gasteiger partial charge in [0.2, 0.25) is 0 Å². The maximum atomic E-state index is 12.2. The summed E-state index contributed by atoms with van der Waals surface area (Å²) >= 11 is 0. The number of likely N-dealkylation sites (tertiary alicyclic amines) is 1. The molecule has 3 aliphatic rings. The van der Waals surface area contributed by atoms with Gasteiger partial charge >= 0.3 is 6.09 Å². The molecule has 2 saturated heterocycles. The van der Waals surface area contributed by atoms with E-state index >= 15 is 0 Å². The number of ether oxygens (including phenoxy) is 1. The number of nitrogens with zero attached hydrogens (tertiary/aromatic N) is 4. The molecule has 0 radical (unpaired) electrons. The van der Waals surface area contributed by atoms with Gasteiger partial charge in [-0.15, -0.1) is 0 Å². The number of aryl methyl sites for hydroxylation is 1. The molecule has 0 aromatic carbocycles. The standard InChI is InChI=1S/C22H37N5O2/c1-15-11-26(21(6,7)12-23-15)18-8-16(2)27(24-18)17-9-22(10-17)13-25(14-22)19(28)29-20(3,4)5/h8,15,17,23H,9-14H2,1-7H3/t15-/m0/s1. The Morgan fingerprint density at radius 1 is 1.28 bits per heavy atom. The van der Waals surface area contributed by atoms with Crippen LogP contribution in [0.3, 0.4) is 0 Å². The second-order valence-electron chi connectivity index (χ2n) is 11.2. The Labute approximate surface area is 174 Å². The molecule has 1 aromatic heterocycles. The Bertz CT molecular complexity index is 780. The van der Waals surface area contributed by atoms with Crippen LogP contribution in [0.5, 0.6) is 0 Å². The van der Waals surface area contributed by atoms with E-state index in [0.29, 0.717) is 12.1 Å². The van der Waals surface area contributed by atoms with Gasteiger partial charge in [-0.1, -0.05) is 0 Å². The summed E-state index contributed by atoms with van der Waals surface area (Å²) in [6.07, 6.45) is 2.00. The summed E-state index contributed by atoms with van der Waals surface area (Å²) in [6, 6.07) is 3.14. The third kappa shape index (κ3) is 3.86. The molecule has 7 heteroatoms. The molecule has 1 aliphatic carbocycles. The number of rotatable bonds is 2. The monoisotopic (exact) mass is 403 g/mol. The SMILES string of the molecule is Cc1cc(N2C[C@H](C)NCC2(C)C)nn1C1CC2(C1)CN(C(=O)OC(C)(C)C)C2. The van der Waals surface area contributed by atoms with Crippen molar-refractivity contribution in [3.05, 3.63) is 11.8 Å². The van der Waals surface area contributed by atoms with Gasteiger partial charge in [-0.25, -0.2) is 4.79 Å². The Balaban J connectivity index is 1.37. The Morgan fingerprint density at radius 3 is 2.55 bits per heavy atom. The topological polar surface area (TPSA) is 62.6 Å². The fourth-order valence-corrected chi connectivity index (χ4v) is 5.07. The first-order valence-electron chi connectivity index (χ1n) is 10.9. The Kier molecular flexibility index (Phi) is 4.68. The molecule has 29 heavy (non-hydrogen) atoms. The van der Waals surface area contributed by atoms with Gasteiger partial charge in [-0.2, -0.15) is 5.10 Å². The number of hydrogen-bond acceptors (Lipinski definition) is 5. The highest BCUT2D eigenvalue weighted by Crippen LogP contribution is 2.54. The maximum Gasteiger partial charge on any atom is 0.410 e. The average molecular weight is 404 g/mol. The number of amides is 1. The minimum absolute atomic E-state index is 0.0564. The van der Waals surface area contributed by atoms with Crippen LogP contribution >= 0.6 is 0 Å². The summed E-state index contributed by atoms with van der Waals surface area (Å²) in [6.45, 7) is 18.3. The smallest absolute Gasteiger partial charge is 0.410 e. The van der Waals surface area contributed by atoms with Crippen LogP contribution in [0.1, 0.15) is 66.1 Å². The zero-order valence-corrected chi connectivity index (χ0v) is 19.1. The number of hydrogen-bond donors (Lipinski definition) is 1. The zero-order chi connectivity index (χ0) is 21.2. The lowest BCUT2D eigenvalue weighted by Crippen LogP contribution is -2.64. The summed E-state index contributed by atoms with van der Waals surface area (Å²) in [4.78, 5) is 16.5. The molecule has 1 saturated carbocycles.